The number of carbonyl (C=O) groups is 1. The third-order valence-corrected chi connectivity index (χ3v) is 4.97. The molecule has 0 bridgehead atoms. The van der Waals surface area contributed by atoms with Gasteiger partial charge in [-0.05, 0) is 50.3 Å². The minimum atomic E-state index is -0.720. The van der Waals surface area contributed by atoms with Gasteiger partial charge in [0.25, 0.3) is 5.91 Å². The number of carbonyl (C=O) groups excluding carboxylic acids is 1. The Morgan fingerprint density at radius 3 is 2.48 bits per heavy atom. The molecule has 1 unspecified atom stereocenters. The molecule has 0 aliphatic heterocycles. The number of amides is 1. The van der Waals surface area contributed by atoms with Crippen molar-refractivity contribution in [2.24, 2.45) is 0 Å². The summed E-state index contributed by atoms with van der Waals surface area (Å²) in [7, 11) is 0. The molecule has 3 aromatic rings. The summed E-state index contributed by atoms with van der Waals surface area (Å²) in [5, 5.41) is 22.9. The molecule has 1 aromatic carbocycles. The number of aromatic nitrogens is 4. The second-order valence-corrected chi connectivity index (χ2v) is 7.28. The lowest BCUT2D eigenvalue weighted by atomic mass is 10.2. The maximum Gasteiger partial charge on any atom is 0.390 e. The summed E-state index contributed by atoms with van der Waals surface area (Å²) < 4.78 is 3.15. The number of anilines is 1. The van der Waals surface area contributed by atoms with Gasteiger partial charge in [0, 0.05) is 5.02 Å². The number of rotatable bonds is 6. The zero-order chi connectivity index (χ0) is 21.3. The Morgan fingerprint density at radius 1 is 1.24 bits per heavy atom. The van der Waals surface area contributed by atoms with E-state index in [1.807, 2.05) is 42.8 Å². The van der Waals surface area contributed by atoms with Crippen molar-refractivity contribution in [2.75, 3.05) is 5.32 Å². The van der Waals surface area contributed by atoms with Crippen LogP contribution in [0.1, 0.15) is 35.6 Å². The van der Waals surface area contributed by atoms with E-state index in [9.17, 15) is 14.9 Å². The van der Waals surface area contributed by atoms with Gasteiger partial charge in [-0.15, -0.1) is 0 Å². The molecule has 0 radical (unpaired) electrons. The van der Waals surface area contributed by atoms with E-state index in [-0.39, 0.29) is 11.7 Å². The van der Waals surface area contributed by atoms with Gasteiger partial charge in [-0.25, -0.2) is 0 Å². The molecule has 10 heteroatoms. The van der Waals surface area contributed by atoms with Crippen LogP contribution in [0.4, 0.5) is 11.5 Å². The van der Waals surface area contributed by atoms with E-state index in [1.54, 1.807) is 13.8 Å². The molecule has 1 amide bonds. The van der Waals surface area contributed by atoms with Gasteiger partial charge in [-0.3, -0.25) is 9.48 Å². The first-order chi connectivity index (χ1) is 13.7. The van der Waals surface area contributed by atoms with E-state index in [1.165, 1.54) is 10.7 Å². The summed E-state index contributed by atoms with van der Waals surface area (Å²) in [6.45, 7) is 7.54. The van der Waals surface area contributed by atoms with Gasteiger partial charge in [-0.2, -0.15) is 9.78 Å². The molecule has 9 nitrogen and oxygen atoms in total. The van der Waals surface area contributed by atoms with Crippen LogP contribution in [0.5, 0.6) is 0 Å². The lowest BCUT2D eigenvalue weighted by Crippen LogP contribution is -2.25. The van der Waals surface area contributed by atoms with E-state index >= 15 is 0 Å². The van der Waals surface area contributed by atoms with Gasteiger partial charge in [0.15, 0.2) is 0 Å². The van der Waals surface area contributed by atoms with Crippen molar-refractivity contribution in [3.05, 3.63) is 68.1 Å². The third kappa shape index (κ3) is 4.29. The molecule has 0 fully saturated rings. The van der Waals surface area contributed by atoms with Crippen molar-refractivity contribution >= 4 is 29.0 Å². The van der Waals surface area contributed by atoms with Crippen LogP contribution >= 0.6 is 11.6 Å². The molecule has 3 rings (SSSR count). The highest BCUT2D eigenvalue weighted by Crippen LogP contribution is 2.23. The molecule has 0 spiro atoms. The van der Waals surface area contributed by atoms with E-state index in [0.29, 0.717) is 28.6 Å². The van der Waals surface area contributed by atoms with Gasteiger partial charge < -0.3 is 15.4 Å². The minimum absolute atomic E-state index is 0.287. The number of nitrogens with zero attached hydrogens (tertiary/aromatic N) is 5. The maximum atomic E-state index is 12.8. The van der Waals surface area contributed by atoms with Crippen LogP contribution in [0.2, 0.25) is 5.02 Å². The fraction of sp³-hybridized carbons (Fsp3) is 0.316. The van der Waals surface area contributed by atoms with Crippen LogP contribution in [0, 0.1) is 30.9 Å². The predicted octanol–water partition coefficient (Wildman–Crippen LogP) is 3.81. The van der Waals surface area contributed by atoms with E-state index in [2.05, 4.69) is 15.5 Å². The summed E-state index contributed by atoms with van der Waals surface area (Å²) in [6, 6.07) is 8.10. The average molecular weight is 417 g/mol. The number of nitrogens with one attached hydrogen (secondary N) is 1. The monoisotopic (exact) mass is 416 g/mol. The summed E-state index contributed by atoms with van der Waals surface area (Å²) in [4.78, 5) is 23.1. The largest absolute Gasteiger partial charge is 0.390 e. The summed E-state index contributed by atoms with van der Waals surface area (Å²) in [6.07, 6.45) is 0. The Hall–Kier alpha value is -3.20. The second kappa shape index (κ2) is 8.04. The molecule has 0 aliphatic rings. The Morgan fingerprint density at radius 2 is 1.90 bits per heavy atom. The third-order valence-electron chi connectivity index (χ3n) is 4.72. The quantitative estimate of drug-likeness (QED) is 0.485. The Labute approximate surface area is 172 Å². The minimum Gasteiger partial charge on any atom is -0.358 e. The van der Waals surface area contributed by atoms with Crippen molar-refractivity contribution < 1.29 is 9.72 Å². The van der Waals surface area contributed by atoms with Gasteiger partial charge in [-0.1, -0.05) is 23.7 Å². The first kappa shape index (κ1) is 20.5. The molecule has 2 heterocycles. The Balaban J connectivity index is 1.79. The fourth-order valence-corrected chi connectivity index (χ4v) is 3.21. The van der Waals surface area contributed by atoms with E-state index in [4.69, 9.17) is 11.6 Å². The molecular formula is C19H21ClN6O3. The zero-order valence-electron chi connectivity index (χ0n) is 16.5. The number of hydrogen-bond donors (Lipinski definition) is 1. The average Bonchev–Trinajstić information content (AvgIpc) is 3.18. The van der Waals surface area contributed by atoms with Crippen molar-refractivity contribution in [1.82, 2.24) is 19.6 Å². The molecule has 152 valence electrons. The SMILES string of the molecule is Cc1nn(Cc2ccc(Cl)cc2)c(C)c1NC(=O)C(C)n1nc([N+](=O)[O-])cc1C. The molecule has 29 heavy (non-hydrogen) atoms. The topological polar surface area (TPSA) is 108 Å². The molecule has 2 aromatic heterocycles. The summed E-state index contributed by atoms with van der Waals surface area (Å²) >= 11 is 5.93. The summed E-state index contributed by atoms with van der Waals surface area (Å²) in [5.74, 6) is -0.617. The van der Waals surface area contributed by atoms with Crippen LogP contribution in [-0.2, 0) is 11.3 Å². The predicted molar refractivity (Wildman–Crippen MR) is 109 cm³/mol. The number of aryl methyl sites for hydroxylation is 2. The van der Waals surface area contributed by atoms with E-state index < -0.39 is 11.0 Å². The van der Waals surface area contributed by atoms with Gasteiger partial charge in [0.1, 0.15) is 6.04 Å². The van der Waals surface area contributed by atoms with Crippen molar-refractivity contribution in [3.63, 3.8) is 0 Å². The first-order valence-corrected chi connectivity index (χ1v) is 9.35. The highest BCUT2D eigenvalue weighted by molar-refractivity contribution is 6.30. The van der Waals surface area contributed by atoms with Crippen molar-refractivity contribution in [1.29, 1.82) is 0 Å². The van der Waals surface area contributed by atoms with Crippen molar-refractivity contribution in [2.45, 2.75) is 40.3 Å². The fourth-order valence-electron chi connectivity index (χ4n) is 3.09. The van der Waals surface area contributed by atoms with Crippen LogP contribution in [0.25, 0.3) is 0 Å². The van der Waals surface area contributed by atoms with Crippen LogP contribution < -0.4 is 5.32 Å². The highest BCUT2D eigenvalue weighted by Gasteiger charge is 2.26. The van der Waals surface area contributed by atoms with E-state index in [0.717, 1.165) is 11.3 Å². The number of benzene rings is 1. The smallest absolute Gasteiger partial charge is 0.358 e. The maximum absolute atomic E-state index is 12.8. The lowest BCUT2D eigenvalue weighted by Gasteiger charge is -2.12. The Bertz CT molecular complexity index is 1070. The molecule has 0 aliphatic carbocycles. The number of halogens is 1. The zero-order valence-corrected chi connectivity index (χ0v) is 17.3. The first-order valence-electron chi connectivity index (χ1n) is 8.97. The van der Waals surface area contributed by atoms with Gasteiger partial charge >= 0.3 is 5.82 Å². The standard InChI is InChI=1S/C19H21ClN6O3/c1-11-9-17(26(28)29)23-25(11)14(4)19(27)21-18-12(2)22-24(13(18)3)10-15-5-7-16(20)8-6-15/h5-9,14H,10H2,1-4H3,(H,21,27). The normalized spacial score (nSPS) is 12.0. The van der Waals surface area contributed by atoms with Crippen LogP contribution in [0.3, 0.4) is 0 Å². The highest BCUT2D eigenvalue weighted by atomic mass is 35.5. The molecule has 1 N–H and O–H groups in total. The van der Waals surface area contributed by atoms with Gasteiger partial charge in [0.2, 0.25) is 0 Å². The van der Waals surface area contributed by atoms with Crippen LogP contribution in [-0.4, -0.2) is 30.4 Å². The summed E-state index contributed by atoms with van der Waals surface area (Å²) in [5.41, 5.74) is 3.67. The lowest BCUT2D eigenvalue weighted by molar-refractivity contribution is -0.389. The molecule has 0 saturated heterocycles. The van der Waals surface area contributed by atoms with Crippen LogP contribution in [0.15, 0.2) is 30.3 Å². The second-order valence-electron chi connectivity index (χ2n) is 6.84. The van der Waals surface area contributed by atoms with Gasteiger partial charge in [0.05, 0.1) is 40.5 Å². The molecular weight excluding hydrogens is 396 g/mol. The molecule has 0 saturated carbocycles. The number of hydrogen-bond acceptors (Lipinski definition) is 5. The Kier molecular flexibility index (Phi) is 5.69. The molecule has 1 atom stereocenters. The number of nitro groups is 1. The van der Waals surface area contributed by atoms with Crippen molar-refractivity contribution in [3.8, 4) is 0 Å².